The standard InChI is InChI=1S/C13H23ClN4O/c1-6-18-13(19)12(14)10(7-15-18)16-11(9(2)3)8-17(4)5/h7,9,11,16H,6,8H2,1-5H3. The minimum atomic E-state index is -0.249. The van der Waals surface area contributed by atoms with Crippen molar-refractivity contribution < 1.29 is 0 Å². The van der Waals surface area contributed by atoms with Crippen LogP contribution in [-0.4, -0.2) is 41.4 Å². The Hall–Kier alpha value is -1.07. The molecule has 0 aliphatic heterocycles. The van der Waals surface area contributed by atoms with Gasteiger partial charge < -0.3 is 10.2 Å². The molecule has 6 heteroatoms. The van der Waals surface area contributed by atoms with Crippen LogP contribution in [0.4, 0.5) is 5.69 Å². The molecule has 19 heavy (non-hydrogen) atoms. The van der Waals surface area contributed by atoms with E-state index in [0.717, 1.165) is 6.54 Å². The normalized spacial score (nSPS) is 13.1. The molecule has 0 aliphatic carbocycles. The van der Waals surface area contributed by atoms with Crippen molar-refractivity contribution in [2.24, 2.45) is 5.92 Å². The molecule has 0 fully saturated rings. The van der Waals surface area contributed by atoms with E-state index in [-0.39, 0.29) is 16.6 Å². The molecule has 0 amide bonds. The van der Waals surface area contributed by atoms with E-state index in [2.05, 4.69) is 29.2 Å². The highest BCUT2D eigenvalue weighted by Crippen LogP contribution is 2.19. The van der Waals surface area contributed by atoms with Gasteiger partial charge >= 0.3 is 0 Å². The molecular formula is C13H23ClN4O. The van der Waals surface area contributed by atoms with E-state index in [1.54, 1.807) is 6.20 Å². The number of halogens is 1. The fourth-order valence-corrected chi connectivity index (χ4v) is 2.01. The lowest BCUT2D eigenvalue weighted by Gasteiger charge is -2.26. The number of hydrogen-bond donors (Lipinski definition) is 1. The van der Waals surface area contributed by atoms with Crippen molar-refractivity contribution in [3.63, 3.8) is 0 Å². The summed E-state index contributed by atoms with van der Waals surface area (Å²) in [5.41, 5.74) is 0.360. The summed E-state index contributed by atoms with van der Waals surface area (Å²) in [6.45, 7) is 7.52. The quantitative estimate of drug-likeness (QED) is 0.868. The molecule has 1 unspecified atom stereocenters. The summed E-state index contributed by atoms with van der Waals surface area (Å²) in [6.07, 6.45) is 1.62. The maximum absolute atomic E-state index is 11.9. The minimum absolute atomic E-state index is 0.209. The van der Waals surface area contributed by atoms with Gasteiger partial charge in [0, 0.05) is 19.1 Å². The van der Waals surface area contributed by atoms with Crippen LogP contribution in [0.1, 0.15) is 20.8 Å². The van der Waals surface area contributed by atoms with Gasteiger partial charge in [-0.1, -0.05) is 25.4 Å². The Balaban J connectivity index is 2.97. The predicted molar refractivity (Wildman–Crippen MR) is 80.0 cm³/mol. The van der Waals surface area contributed by atoms with Crippen molar-refractivity contribution in [1.82, 2.24) is 14.7 Å². The van der Waals surface area contributed by atoms with E-state index in [1.165, 1.54) is 4.68 Å². The first kappa shape index (κ1) is 16.0. The summed E-state index contributed by atoms with van der Waals surface area (Å²) in [7, 11) is 4.04. The van der Waals surface area contributed by atoms with Gasteiger partial charge in [-0.2, -0.15) is 5.10 Å². The van der Waals surface area contributed by atoms with Crippen LogP contribution in [0.15, 0.2) is 11.0 Å². The van der Waals surface area contributed by atoms with Crippen molar-refractivity contribution in [1.29, 1.82) is 0 Å². The molecule has 0 radical (unpaired) electrons. The van der Waals surface area contributed by atoms with Crippen molar-refractivity contribution in [2.45, 2.75) is 33.4 Å². The van der Waals surface area contributed by atoms with Gasteiger partial charge in [0.15, 0.2) is 0 Å². The number of hydrogen-bond acceptors (Lipinski definition) is 4. The molecule has 1 aromatic rings. The van der Waals surface area contributed by atoms with Gasteiger partial charge in [0.1, 0.15) is 5.02 Å². The Morgan fingerprint density at radius 1 is 1.47 bits per heavy atom. The van der Waals surface area contributed by atoms with Crippen molar-refractivity contribution in [2.75, 3.05) is 26.0 Å². The van der Waals surface area contributed by atoms with Crippen LogP contribution in [0.25, 0.3) is 0 Å². The highest BCUT2D eigenvalue weighted by molar-refractivity contribution is 6.32. The van der Waals surface area contributed by atoms with Gasteiger partial charge in [0.25, 0.3) is 5.56 Å². The maximum atomic E-state index is 11.9. The zero-order valence-electron chi connectivity index (χ0n) is 12.3. The molecule has 0 saturated carbocycles. The van der Waals surface area contributed by atoms with Gasteiger partial charge in [0.2, 0.25) is 0 Å². The van der Waals surface area contributed by atoms with Crippen LogP contribution < -0.4 is 10.9 Å². The third-order valence-electron chi connectivity index (χ3n) is 2.99. The topological polar surface area (TPSA) is 50.2 Å². The van der Waals surface area contributed by atoms with Gasteiger partial charge in [-0.3, -0.25) is 4.79 Å². The molecule has 108 valence electrons. The van der Waals surface area contributed by atoms with Crippen LogP contribution in [-0.2, 0) is 6.54 Å². The van der Waals surface area contributed by atoms with Crippen LogP contribution in [0, 0.1) is 5.92 Å². The molecule has 0 bridgehead atoms. The maximum Gasteiger partial charge on any atom is 0.287 e. The highest BCUT2D eigenvalue weighted by atomic mass is 35.5. The van der Waals surface area contributed by atoms with Crippen LogP contribution in [0.2, 0.25) is 5.02 Å². The lowest BCUT2D eigenvalue weighted by atomic mass is 10.0. The first-order chi connectivity index (χ1) is 8.86. The first-order valence-corrected chi connectivity index (χ1v) is 6.91. The van der Waals surface area contributed by atoms with E-state index in [0.29, 0.717) is 18.2 Å². The molecule has 0 spiro atoms. The number of nitrogens with one attached hydrogen (secondary N) is 1. The average molecular weight is 287 g/mol. The summed E-state index contributed by atoms with van der Waals surface area (Å²) < 4.78 is 1.35. The average Bonchev–Trinajstić information content (AvgIpc) is 2.33. The van der Waals surface area contributed by atoms with Crippen LogP contribution >= 0.6 is 11.6 Å². The largest absolute Gasteiger partial charge is 0.378 e. The number of aryl methyl sites for hydroxylation is 1. The number of nitrogens with zero attached hydrogens (tertiary/aromatic N) is 3. The van der Waals surface area contributed by atoms with E-state index in [1.807, 2.05) is 21.0 Å². The number of likely N-dealkylation sites (N-methyl/N-ethyl adjacent to an activating group) is 1. The molecular weight excluding hydrogens is 264 g/mol. The lowest BCUT2D eigenvalue weighted by molar-refractivity contribution is 0.344. The molecule has 0 aliphatic rings. The molecule has 1 atom stereocenters. The van der Waals surface area contributed by atoms with Gasteiger partial charge in [-0.25, -0.2) is 4.68 Å². The van der Waals surface area contributed by atoms with E-state index in [9.17, 15) is 4.79 Å². The fraction of sp³-hybridized carbons (Fsp3) is 0.692. The summed E-state index contributed by atoms with van der Waals surface area (Å²) in [6, 6.07) is 0.214. The molecule has 1 rings (SSSR count). The predicted octanol–water partition coefficient (Wildman–Crippen LogP) is 1.91. The second-order valence-electron chi connectivity index (χ2n) is 5.25. The monoisotopic (exact) mass is 286 g/mol. The van der Waals surface area contributed by atoms with Gasteiger partial charge in [-0.15, -0.1) is 0 Å². The molecule has 1 heterocycles. The summed E-state index contributed by atoms with van der Waals surface area (Å²) in [4.78, 5) is 14.0. The zero-order chi connectivity index (χ0) is 14.6. The number of rotatable bonds is 6. The third-order valence-corrected chi connectivity index (χ3v) is 3.36. The van der Waals surface area contributed by atoms with E-state index in [4.69, 9.17) is 11.6 Å². The Morgan fingerprint density at radius 3 is 2.58 bits per heavy atom. The van der Waals surface area contributed by atoms with E-state index >= 15 is 0 Å². The highest BCUT2D eigenvalue weighted by Gasteiger charge is 2.17. The number of aromatic nitrogens is 2. The molecule has 0 aromatic carbocycles. The molecule has 1 N–H and O–H groups in total. The summed E-state index contributed by atoms with van der Waals surface area (Å²) >= 11 is 6.11. The minimum Gasteiger partial charge on any atom is -0.378 e. The number of anilines is 1. The molecule has 5 nitrogen and oxygen atoms in total. The Morgan fingerprint density at radius 2 is 2.11 bits per heavy atom. The summed E-state index contributed by atoms with van der Waals surface area (Å²) in [5, 5.41) is 7.62. The Labute approximate surface area is 119 Å². The van der Waals surface area contributed by atoms with Crippen LogP contribution in [0.5, 0.6) is 0 Å². The van der Waals surface area contributed by atoms with Crippen molar-refractivity contribution >= 4 is 17.3 Å². The SMILES string of the molecule is CCn1ncc(NC(CN(C)C)C(C)C)c(Cl)c1=O. The Bertz CT molecular complexity index is 470. The van der Waals surface area contributed by atoms with Gasteiger partial charge in [-0.05, 0) is 26.9 Å². The zero-order valence-corrected chi connectivity index (χ0v) is 13.0. The third kappa shape index (κ3) is 4.21. The molecule has 0 saturated heterocycles. The second kappa shape index (κ2) is 6.91. The smallest absolute Gasteiger partial charge is 0.287 e. The molecule has 1 aromatic heterocycles. The first-order valence-electron chi connectivity index (χ1n) is 6.53. The summed E-state index contributed by atoms with van der Waals surface area (Å²) in [5.74, 6) is 0.423. The van der Waals surface area contributed by atoms with Crippen LogP contribution in [0.3, 0.4) is 0 Å². The van der Waals surface area contributed by atoms with Crippen molar-refractivity contribution in [3.05, 3.63) is 21.6 Å². The lowest BCUT2D eigenvalue weighted by Crippen LogP contribution is -2.37. The van der Waals surface area contributed by atoms with Gasteiger partial charge in [0.05, 0.1) is 11.9 Å². The van der Waals surface area contributed by atoms with E-state index < -0.39 is 0 Å². The fourth-order valence-electron chi connectivity index (χ4n) is 1.81. The second-order valence-corrected chi connectivity index (χ2v) is 5.63. The Kier molecular flexibility index (Phi) is 5.82. The van der Waals surface area contributed by atoms with Crippen molar-refractivity contribution in [3.8, 4) is 0 Å².